The summed E-state index contributed by atoms with van der Waals surface area (Å²) in [6, 6.07) is 5.16. The molecule has 2 N–H and O–H groups in total. The molecule has 5 heteroatoms. The molecule has 2 heterocycles. The standard InChI is InChI=1S/C15H23N3O2/c1-12-5-4-9-18(13(12)11-16)15(20)7-10-17-8-3-2-6-14(17)19/h2-3,6,8,12-13H,4-5,7,9-11,16H2,1H3/t12-,13+/m0/s1. The summed E-state index contributed by atoms with van der Waals surface area (Å²) in [5, 5.41) is 0. The third-order valence-corrected chi connectivity index (χ3v) is 4.14. The molecule has 0 aliphatic carbocycles. The molecule has 0 spiro atoms. The number of nitrogens with zero attached hydrogens (tertiary/aromatic N) is 2. The van der Waals surface area contributed by atoms with E-state index in [1.54, 1.807) is 22.9 Å². The number of rotatable bonds is 4. The highest BCUT2D eigenvalue weighted by Crippen LogP contribution is 2.23. The van der Waals surface area contributed by atoms with Gasteiger partial charge >= 0.3 is 0 Å². The molecule has 2 rings (SSSR count). The Morgan fingerprint density at radius 2 is 2.25 bits per heavy atom. The van der Waals surface area contributed by atoms with Crippen LogP contribution in [0.5, 0.6) is 0 Å². The van der Waals surface area contributed by atoms with E-state index < -0.39 is 0 Å². The van der Waals surface area contributed by atoms with Crippen LogP contribution in [0.2, 0.25) is 0 Å². The first kappa shape index (κ1) is 14.8. The molecule has 1 aromatic heterocycles. The minimum atomic E-state index is -0.0670. The first-order valence-corrected chi connectivity index (χ1v) is 7.28. The summed E-state index contributed by atoms with van der Waals surface area (Å²) < 4.78 is 1.57. The van der Waals surface area contributed by atoms with E-state index in [9.17, 15) is 9.59 Å². The van der Waals surface area contributed by atoms with Crippen LogP contribution in [0.3, 0.4) is 0 Å². The molecule has 1 aromatic rings. The molecule has 0 radical (unpaired) electrons. The third-order valence-electron chi connectivity index (χ3n) is 4.14. The second kappa shape index (κ2) is 6.70. The van der Waals surface area contributed by atoms with E-state index in [1.807, 2.05) is 4.90 Å². The SMILES string of the molecule is C[C@H]1CCCN(C(=O)CCn2ccccc2=O)[C@@H]1CN. The Balaban J connectivity index is 1.97. The van der Waals surface area contributed by atoms with Gasteiger partial charge in [-0.1, -0.05) is 13.0 Å². The number of amides is 1. The molecule has 1 fully saturated rings. The number of hydrogen-bond donors (Lipinski definition) is 1. The normalized spacial score (nSPS) is 22.8. The molecule has 5 nitrogen and oxygen atoms in total. The van der Waals surface area contributed by atoms with E-state index >= 15 is 0 Å². The van der Waals surface area contributed by atoms with Gasteiger partial charge in [-0.05, 0) is 24.8 Å². The van der Waals surface area contributed by atoms with Gasteiger partial charge in [-0.25, -0.2) is 0 Å². The van der Waals surface area contributed by atoms with Gasteiger partial charge in [0.25, 0.3) is 5.56 Å². The molecule has 1 aliphatic heterocycles. The van der Waals surface area contributed by atoms with E-state index in [0.29, 0.717) is 25.4 Å². The summed E-state index contributed by atoms with van der Waals surface area (Å²) in [6.45, 7) is 3.88. The maximum absolute atomic E-state index is 12.4. The lowest BCUT2D eigenvalue weighted by molar-refractivity contribution is -0.136. The lowest BCUT2D eigenvalue weighted by Crippen LogP contribution is -2.51. The fraction of sp³-hybridized carbons (Fsp3) is 0.600. The van der Waals surface area contributed by atoms with Crippen LogP contribution in [-0.4, -0.2) is 34.5 Å². The van der Waals surface area contributed by atoms with Crippen LogP contribution in [0.1, 0.15) is 26.2 Å². The van der Waals surface area contributed by atoms with Crippen molar-refractivity contribution in [3.05, 3.63) is 34.7 Å². The lowest BCUT2D eigenvalue weighted by Gasteiger charge is -2.39. The highest BCUT2D eigenvalue weighted by molar-refractivity contribution is 5.76. The molecule has 20 heavy (non-hydrogen) atoms. The quantitative estimate of drug-likeness (QED) is 0.886. The molecule has 1 amide bonds. The molecule has 1 aliphatic rings. The molecule has 110 valence electrons. The Morgan fingerprint density at radius 1 is 1.45 bits per heavy atom. The van der Waals surface area contributed by atoms with Crippen LogP contribution in [-0.2, 0) is 11.3 Å². The molecule has 0 bridgehead atoms. The Labute approximate surface area is 119 Å². The molecule has 2 atom stereocenters. The fourth-order valence-electron chi connectivity index (χ4n) is 2.92. The van der Waals surface area contributed by atoms with Crippen molar-refractivity contribution in [2.75, 3.05) is 13.1 Å². The van der Waals surface area contributed by atoms with Crippen molar-refractivity contribution >= 4 is 5.91 Å². The average Bonchev–Trinajstić information content (AvgIpc) is 2.46. The number of piperidine rings is 1. The van der Waals surface area contributed by atoms with Crippen LogP contribution in [0.15, 0.2) is 29.2 Å². The molecule has 1 saturated heterocycles. The number of likely N-dealkylation sites (tertiary alicyclic amines) is 1. The topological polar surface area (TPSA) is 68.3 Å². The fourth-order valence-corrected chi connectivity index (χ4v) is 2.92. The number of pyridine rings is 1. The minimum absolute atomic E-state index is 0.0670. The molecular weight excluding hydrogens is 254 g/mol. The first-order chi connectivity index (χ1) is 9.63. The summed E-state index contributed by atoms with van der Waals surface area (Å²) in [5.41, 5.74) is 5.74. The number of carbonyl (C=O) groups excluding carboxylic acids is 1. The van der Waals surface area contributed by atoms with Crippen molar-refractivity contribution in [2.24, 2.45) is 11.7 Å². The van der Waals surface area contributed by atoms with E-state index in [0.717, 1.165) is 19.4 Å². The smallest absolute Gasteiger partial charge is 0.250 e. The summed E-state index contributed by atoms with van der Waals surface area (Å²) in [7, 11) is 0. The first-order valence-electron chi connectivity index (χ1n) is 7.28. The monoisotopic (exact) mass is 277 g/mol. The van der Waals surface area contributed by atoms with Crippen molar-refractivity contribution < 1.29 is 4.79 Å². The van der Waals surface area contributed by atoms with Gasteiger partial charge in [-0.2, -0.15) is 0 Å². The second-order valence-corrected chi connectivity index (χ2v) is 5.49. The largest absolute Gasteiger partial charge is 0.338 e. The van der Waals surface area contributed by atoms with Crippen LogP contribution in [0.4, 0.5) is 0 Å². The van der Waals surface area contributed by atoms with E-state index in [-0.39, 0.29) is 17.5 Å². The van der Waals surface area contributed by atoms with Crippen LogP contribution in [0, 0.1) is 5.92 Å². The summed E-state index contributed by atoms with van der Waals surface area (Å²) in [4.78, 5) is 25.9. The van der Waals surface area contributed by atoms with Crippen molar-refractivity contribution in [1.82, 2.24) is 9.47 Å². The van der Waals surface area contributed by atoms with Crippen LogP contribution < -0.4 is 11.3 Å². The number of hydrogen-bond acceptors (Lipinski definition) is 3. The van der Waals surface area contributed by atoms with Gasteiger partial charge in [0.05, 0.1) is 0 Å². The second-order valence-electron chi connectivity index (χ2n) is 5.49. The van der Waals surface area contributed by atoms with E-state index in [4.69, 9.17) is 5.73 Å². The molecule has 0 unspecified atom stereocenters. The van der Waals surface area contributed by atoms with Crippen molar-refractivity contribution in [2.45, 2.75) is 38.8 Å². The highest BCUT2D eigenvalue weighted by atomic mass is 16.2. The maximum Gasteiger partial charge on any atom is 0.250 e. The molecule has 0 aromatic carbocycles. The van der Waals surface area contributed by atoms with Crippen molar-refractivity contribution in [3.8, 4) is 0 Å². The summed E-state index contributed by atoms with van der Waals surface area (Å²) in [5.74, 6) is 0.555. The van der Waals surface area contributed by atoms with Gasteiger partial charge in [0.1, 0.15) is 0 Å². The zero-order valence-electron chi connectivity index (χ0n) is 12.0. The molecule has 0 saturated carbocycles. The minimum Gasteiger partial charge on any atom is -0.338 e. The number of carbonyl (C=O) groups is 1. The summed E-state index contributed by atoms with van der Waals surface area (Å²) in [6.07, 6.45) is 4.24. The van der Waals surface area contributed by atoms with Crippen molar-refractivity contribution in [3.63, 3.8) is 0 Å². The third kappa shape index (κ3) is 3.28. The zero-order chi connectivity index (χ0) is 14.5. The number of aryl methyl sites for hydroxylation is 1. The van der Waals surface area contributed by atoms with Gasteiger partial charge < -0.3 is 15.2 Å². The maximum atomic E-state index is 12.4. The van der Waals surface area contributed by atoms with Gasteiger partial charge in [-0.3, -0.25) is 9.59 Å². The van der Waals surface area contributed by atoms with Gasteiger partial charge in [0.15, 0.2) is 0 Å². The Hall–Kier alpha value is -1.62. The predicted molar refractivity (Wildman–Crippen MR) is 78.3 cm³/mol. The number of nitrogens with two attached hydrogens (primary N) is 1. The highest BCUT2D eigenvalue weighted by Gasteiger charge is 2.30. The summed E-state index contributed by atoms with van der Waals surface area (Å²) >= 11 is 0. The van der Waals surface area contributed by atoms with E-state index in [1.165, 1.54) is 6.07 Å². The predicted octanol–water partition coefficient (Wildman–Crippen LogP) is 0.824. The number of aromatic nitrogens is 1. The Bertz CT molecular complexity index is 512. The van der Waals surface area contributed by atoms with Gasteiger partial charge in [0.2, 0.25) is 5.91 Å². The van der Waals surface area contributed by atoms with Crippen molar-refractivity contribution in [1.29, 1.82) is 0 Å². The Morgan fingerprint density at radius 3 is 2.95 bits per heavy atom. The Kier molecular flexibility index (Phi) is 4.95. The zero-order valence-corrected chi connectivity index (χ0v) is 12.0. The van der Waals surface area contributed by atoms with E-state index in [2.05, 4.69) is 6.92 Å². The van der Waals surface area contributed by atoms with Crippen LogP contribution in [0.25, 0.3) is 0 Å². The van der Waals surface area contributed by atoms with Gasteiger partial charge in [0, 0.05) is 44.4 Å². The molecular formula is C15H23N3O2. The van der Waals surface area contributed by atoms with Gasteiger partial charge in [-0.15, -0.1) is 0 Å². The lowest BCUT2D eigenvalue weighted by atomic mass is 9.90. The van der Waals surface area contributed by atoms with Crippen LogP contribution >= 0.6 is 0 Å². The average molecular weight is 277 g/mol.